The number of anilines is 2. The SMILES string of the molecule is C=CC(=O)N(Cc1ncc(C(C)O)s1)c1ccc2c(c1)CCN2C(C)=O. The summed E-state index contributed by atoms with van der Waals surface area (Å²) in [7, 11) is 0. The summed E-state index contributed by atoms with van der Waals surface area (Å²) in [6.45, 7) is 7.79. The first-order valence-corrected chi connectivity index (χ1v) is 9.20. The maximum atomic E-state index is 12.4. The van der Waals surface area contributed by atoms with Crippen LogP contribution >= 0.6 is 11.3 Å². The van der Waals surface area contributed by atoms with Crippen molar-refractivity contribution in [1.29, 1.82) is 0 Å². The highest BCUT2D eigenvalue weighted by Gasteiger charge is 2.24. The van der Waals surface area contributed by atoms with E-state index < -0.39 is 6.10 Å². The zero-order chi connectivity index (χ0) is 18.8. The molecular weight excluding hydrogens is 350 g/mol. The van der Waals surface area contributed by atoms with Crippen molar-refractivity contribution >= 4 is 34.5 Å². The molecule has 6 nitrogen and oxygen atoms in total. The molecule has 1 aromatic carbocycles. The first kappa shape index (κ1) is 18.3. The van der Waals surface area contributed by atoms with Gasteiger partial charge in [0, 0.05) is 31.0 Å². The number of carbonyl (C=O) groups excluding carboxylic acids is 2. The van der Waals surface area contributed by atoms with Crippen LogP contribution in [0.15, 0.2) is 37.1 Å². The summed E-state index contributed by atoms with van der Waals surface area (Å²) in [6, 6.07) is 5.67. The molecule has 7 heteroatoms. The van der Waals surface area contributed by atoms with Crippen LogP contribution < -0.4 is 9.80 Å². The van der Waals surface area contributed by atoms with Gasteiger partial charge in [-0.3, -0.25) is 9.59 Å². The summed E-state index contributed by atoms with van der Waals surface area (Å²) in [4.78, 5) is 32.5. The number of aromatic nitrogens is 1. The van der Waals surface area contributed by atoms with E-state index in [1.165, 1.54) is 17.4 Å². The number of fused-ring (bicyclic) bond motifs is 1. The fourth-order valence-corrected chi connectivity index (χ4v) is 3.86. The first-order valence-electron chi connectivity index (χ1n) is 8.38. The highest BCUT2D eigenvalue weighted by atomic mass is 32.1. The largest absolute Gasteiger partial charge is 0.388 e. The fourth-order valence-electron chi connectivity index (χ4n) is 3.02. The second kappa shape index (κ2) is 7.39. The van der Waals surface area contributed by atoms with Crippen molar-refractivity contribution in [3.05, 3.63) is 52.5 Å². The number of thiazole rings is 1. The van der Waals surface area contributed by atoms with Crippen molar-refractivity contribution in [1.82, 2.24) is 4.98 Å². The van der Waals surface area contributed by atoms with Crippen molar-refractivity contribution in [2.45, 2.75) is 32.9 Å². The Bertz CT molecular complexity index is 859. The second-order valence-electron chi connectivity index (χ2n) is 6.19. The summed E-state index contributed by atoms with van der Waals surface area (Å²) < 4.78 is 0. The lowest BCUT2D eigenvalue weighted by Gasteiger charge is -2.22. The molecule has 26 heavy (non-hydrogen) atoms. The third kappa shape index (κ3) is 3.54. The summed E-state index contributed by atoms with van der Waals surface area (Å²) in [6.07, 6.45) is 3.09. The normalized spacial score (nSPS) is 14.0. The first-order chi connectivity index (χ1) is 12.4. The van der Waals surface area contributed by atoms with E-state index in [9.17, 15) is 14.7 Å². The minimum absolute atomic E-state index is 0.0176. The number of benzene rings is 1. The molecule has 1 atom stereocenters. The number of hydrogen-bond donors (Lipinski definition) is 1. The lowest BCUT2D eigenvalue weighted by Crippen LogP contribution is -2.28. The van der Waals surface area contributed by atoms with Gasteiger partial charge in [0.15, 0.2) is 0 Å². The number of aliphatic hydroxyl groups excluding tert-OH is 1. The standard InChI is InChI=1S/C19H21N3O3S/c1-4-19(25)22(11-18-20-10-17(26-18)12(2)23)15-5-6-16-14(9-15)7-8-21(16)13(3)24/h4-6,9-10,12,23H,1,7-8,11H2,2-3H3. The van der Waals surface area contributed by atoms with Crippen molar-refractivity contribution in [3.8, 4) is 0 Å². The van der Waals surface area contributed by atoms with Gasteiger partial charge in [-0.2, -0.15) is 0 Å². The molecule has 0 bridgehead atoms. The molecule has 136 valence electrons. The lowest BCUT2D eigenvalue weighted by molar-refractivity contribution is -0.116. The highest BCUT2D eigenvalue weighted by molar-refractivity contribution is 7.11. The van der Waals surface area contributed by atoms with Gasteiger partial charge in [0.25, 0.3) is 5.91 Å². The summed E-state index contributed by atoms with van der Waals surface area (Å²) in [5, 5.41) is 10.4. The summed E-state index contributed by atoms with van der Waals surface area (Å²) in [5.74, 6) is -0.205. The Hall–Kier alpha value is -2.51. The minimum Gasteiger partial charge on any atom is -0.388 e. The van der Waals surface area contributed by atoms with Crippen LogP contribution in [0.1, 0.15) is 35.4 Å². The number of amides is 2. The van der Waals surface area contributed by atoms with E-state index in [4.69, 9.17) is 0 Å². The number of carbonyl (C=O) groups is 2. The molecule has 0 fully saturated rings. The van der Waals surface area contributed by atoms with Crippen molar-refractivity contribution in [2.24, 2.45) is 0 Å². The quantitative estimate of drug-likeness (QED) is 0.820. The summed E-state index contributed by atoms with van der Waals surface area (Å²) >= 11 is 1.38. The van der Waals surface area contributed by atoms with Gasteiger partial charge < -0.3 is 14.9 Å². The molecule has 1 N–H and O–H groups in total. The molecule has 2 aromatic rings. The number of aliphatic hydroxyl groups is 1. The van der Waals surface area contributed by atoms with Crippen LogP contribution in [0.4, 0.5) is 11.4 Å². The monoisotopic (exact) mass is 371 g/mol. The molecule has 0 saturated carbocycles. The zero-order valence-corrected chi connectivity index (χ0v) is 15.6. The average molecular weight is 371 g/mol. The molecule has 0 saturated heterocycles. The van der Waals surface area contributed by atoms with Gasteiger partial charge in [-0.15, -0.1) is 11.3 Å². The lowest BCUT2D eigenvalue weighted by atomic mass is 10.1. The Morgan fingerprint density at radius 2 is 2.27 bits per heavy atom. The number of hydrogen-bond acceptors (Lipinski definition) is 5. The van der Waals surface area contributed by atoms with Gasteiger partial charge in [0.05, 0.1) is 17.5 Å². The zero-order valence-electron chi connectivity index (χ0n) is 14.8. The van der Waals surface area contributed by atoms with Gasteiger partial charge in [-0.25, -0.2) is 4.98 Å². The minimum atomic E-state index is -0.581. The van der Waals surface area contributed by atoms with E-state index in [1.54, 1.807) is 29.8 Å². The van der Waals surface area contributed by atoms with Crippen molar-refractivity contribution in [3.63, 3.8) is 0 Å². The van der Waals surface area contributed by atoms with Crippen LogP contribution in [0.2, 0.25) is 0 Å². The van der Waals surface area contributed by atoms with Crippen molar-refractivity contribution < 1.29 is 14.7 Å². The van der Waals surface area contributed by atoms with Crippen LogP contribution in [0.3, 0.4) is 0 Å². The molecule has 0 aliphatic carbocycles. The molecule has 2 amide bonds. The van der Waals surface area contributed by atoms with Crippen LogP contribution in [0.5, 0.6) is 0 Å². The molecule has 0 spiro atoms. The molecule has 0 radical (unpaired) electrons. The predicted molar refractivity (Wildman–Crippen MR) is 102 cm³/mol. The van der Waals surface area contributed by atoms with Gasteiger partial charge in [0.2, 0.25) is 5.91 Å². The van der Waals surface area contributed by atoms with Crippen LogP contribution in [-0.4, -0.2) is 28.4 Å². The summed E-state index contributed by atoms with van der Waals surface area (Å²) in [5.41, 5.74) is 2.69. The molecule has 3 rings (SSSR count). The van der Waals surface area contributed by atoms with E-state index >= 15 is 0 Å². The topological polar surface area (TPSA) is 73.7 Å². The molecule has 1 aliphatic rings. The highest BCUT2D eigenvalue weighted by Crippen LogP contribution is 2.33. The van der Waals surface area contributed by atoms with E-state index in [-0.39, 0.29) is 11.8 Å². The van der Waals surface area contributed by atoms with Gasteiger partial charge in [-0.05, 0) is 43.2 Å². The molecule has 2 heterocycles. The second-order valence-corrected chi connectivity index (χ2v) is 7.34. The Labute approximate surface area is 156 Å². The Balaban J connectivity index is 1.90. The van der Waals surface area contributed by atoms with E-state index in [0.29, 0.717) is 13.1 Å². The molecule has 1 aliphatic heterocycles. The van der Waals surface area contributed by atoms with Crippen LogP contribution in [-0.2, 0) is 22.6 Å². The number of nitrogens with zero attached hydrogens (tertiary/aromatic N) is 3. The van der Waals surface area contributed by atoms with E-state index in [2.05, 4.69) is 11.6 Å². The smallest absolute Gasteiger partial charge is 0.250 e. The third-order valence-electron chi connectivity index (χ3n) is 4.37. The Morgan fingerprint density at radius 1 is 1.50 bits per heavy atom. The van der Waals surface area contributed by atoms with Crippen LogP contribution in [0, 0.1) is 0 Å². The van der Waals surface area contributed by atoms with Gasteiger partial charge in [0.1, 0.15) is 5.01 Å². The molecule has 1 aromatic heterocycles. The maximum absolute atomic E-state index is 12.4. The van der Waals surface area contributed by atoms with E-state index in [1.807, 2.05) is 18.2 Å². The van der Waals surface area contributed by atoms with Gasteiger partial charge in [-0.1, -0.05) is 6.58 Å². The fraction of sp³-hybridized carbons (Fsp3) is 0.316. The molecular formula is C19H21N3O3S. The third-order valence-corrected chi connectivity index (χ3v) is 5.52. The van der Waals surface area contributed by atoms with Crippen molar-refractivity contribution in [2.75, 3.05) is 16.3 Å². The predicted octanol–water partition coefficient (Wildman–Crippen LogP) is 2.82. The average Bonchev–Trinajstić information content (AvgIpc) is 3.25. The maximum Gasteiger partial charge on any atom is 0.250 e. The van der Waals surface area contributed by atoms with Gasteiger partial charge >= 0.3 is 0 Å². The number of rotatable bonds is 5. The van der Waals surface area contributed by atoms with E-state index in [0.717, 1.165) is 33.2 Å². The Morgan fingerprint density at radius 3 is 2.88 bits per heavy atom. The molecule has 1 unspecified atom stereocenters. The van der Waals surface area contributed by atoms with Crippen LogP contribution in [0.25, 0.3) is 0 Å². The Kier molecular flexibility index (Phi) is 5.20.